The minimum atomic E-state index is 0.110. The SMILES string of the molecule is C=CC(=O)CCCCCCn1nc2c(-c3ccc(C(C)(C)C)cc3)ccc(-c3ccc(C(C)(C)C)cc3)c2n1. The van der Waals surface area contributed by atoms with E-state index >= 15 is 0 Å². The molecule has 0 N–H and O–H groups in total. The minimum Gasteiger partial charge on any atom is -0.295 e. The normalized spacial score (nSPS) is 12.2. The van der Waals surface area contributed by atoms with Gasteiger partial charge in [0.05, 0.1) is 6.54 Å². The average molecular weight is 522 g/mol. The van der Waals surface area contributed by atoms with Crippen molar-refractivity contribution >= 4 is 16.8 Å². The summed E-state index contributed by atoms with van der Waals surface area (Å²) in [5, 5.41) is 10.0. The lowest BCUT2D eigenvalue weighted by atomic mass is 9.85. The van der Waals surface area contributed by atoms with Crippen LogP contribution in [0.25, 0.3) is 33.3 Å². The molecule has 4 rings (SSSR count). The number of carbonyl (C=O) groups excluding carboxylic acids is 1. The van der Waals surface area contributed by atoms with Crippen LogP contribution >= 0.6 is 0 Å². The Kier molecular flexibility index (Phi) is 8.54. The van der Waals surface area contributed by atoms with Crippen LogP contribution in [0, 0.1) is 0 Å². The second-order valence-corrected chi connectivity index (χ2v) is 12.6. The van der Waals surface area contributed by atoms with Gasteiger partial charge in [0.15, 0.2) is 5.78 Å². The van der Waals surface area contributed by atoms with E-state index in [1.54, 1.807) is 0 Å². The van der Waals surface area contributed by atoms with Crippen molar-refractivity contribution in [1.82, 2.24) is 15.0 Å². The van der Waals surface area contributed by atoms with Crippen molar-refractivity contribution in [2.24, 2.45) is 0 Å². The van der Waals surface area contributed by atoms with Gasteiger partial charge >= 0.3 is 0 Å². The predicted molar refractivity (Wildman–Crippen MR) is 164 cm³/mol. The number of nitrogens with zero attached hydrogens (tertiary/aromatic N) is 3. The zero-order chi connectivity index (χ0) is 28.2. The lowest BCUT2D eigenvalue weighted by molar-refractivity contribution is -0.114. The molecular formula is C35H43N3O. The summed E-state index contributed by atoms with van der Waals surface area (Å²) in [7, 11) is 0. The smallest absolute Gasteiger partial charge is 0.155 e. The molecule has 0 saturated heterocycles. The van der Waals surface area contributed by atoms with Crippen LogP contribution in [0.3, 0.4) is 0 Å². The molecule has 0 bridgehead atoms. The van der Waals surface area contributed by atoms with Gasteiger partial charge < -0.3 is 0 Å². The fourth-order valence-corrected chi connectivity index (χ4v) is 4.91. The van der Waals surface area contributed by atoms with Gasteiger partial charge in [0, 0.05) is 17.5 Å². The van der Waals surface area contributed by atoms with Crippen LogP contribution in [-0.4, -0.2) is 20.8 Å². The highest BCUT2D eigenvalue weighted by atomic mass is 16.1. The topological polar surface area (TPSA) is 47.8 Å². The molecule has 204 valence electrons. The van der Waals surface area contributed by atoms with E-state index in [4.69, 9.17) is 10.2 Å². The Labute approximate surface area is 234 Å². The van der Waals surface area contributed by atoms with E-state index in [0.717, 1.165) is 65.5 Å². The van der Waals surface area contributed by atoms with Gasteiger partial charge in [-0.15, -0.1) is 0 Å². The summed E-state index contributed by atoms with van der Waals surface area (Å²) in [4.78, 5) is 13.3. The molecular weight excluding hydrogens is 478 g/mol. The lowest BCUT2D eigenvalue weighted by Crippen LogP contribution is -2.10. The third-order valence-electron chi connectivity index (χ3n) is 7.46. The van der Waals surface area contributed by atoms with Crippen molar-refractivity contribution in [2.45, 2.75) is 91.0 Å². The molecule has 4 nitrogen and oxygen atoms in total. The van der Waals surface area contributed by atoms with Crippen molar-refractivity contribution in [2.75, 3.05) is 0 Å². The van der Waals surface area contributed by atoms with E-state index in [0.29, 0.717) is 6.42 Å². The van der Waals surface area contributed by atoms with E-state index in [2.05, 4.69) is 109 Å². The van der Waals surface area contributed by atoms with E-state index in [-0.39, 0.29) is 16.6 Å². The average Bonchev–Trinajstić information content (AvgIpc) is 3.33. The number of hydrogen-bond donors (Lipinski definition) is 0. The quantitative estimate of drug-likeness (QED) is 0.154. The van der Waals surface area contributed by atoms with Gasteiger partial charge in [0.2, 0.25) is 0 Å². The number of fused-ring (bicyclic) bond motifs is 1. The van der Waals surface area contributed by atoms with Gasteiger partial charge in [-0.2, -0.15) is 15.0 Å². The molecule has 0 amide bonds. The van der Waals surface area contributed by atoms with Crippen LogP contribution in [0.15, 0.2) is 73.3 Å². The van der Waals surface area contributed by atoms with Crippen LogP contribution < -0.4 is 0 Å². The fraction of sp³-hybridized carbons (Fsp3) is 0.400. The first-order valence-corrected chi connectivity index (χ1v) is 14.2. The number of aromatic nitrogens is 3. The van der Waals surface area contributed by atoms with Gasteiger partial charge in [-0.3, -0.25) is 4.79 Å². The van der Waals surface area contributed by atoms with E-state index < -0.39 is 0 Å². The van der Waals surface area contributed by atoms with Crippen LogP contribution in [0.2, 0.25) is 0 Å². The first kappa shape index (κ1) is 28.5. The van der Waals surface area contributed by atoms with E-state index in [9.17, 15) is 4.79 Å². The zero-order valence-electron chi connectivity index (χ0n) is 24.6. The number of ketones is 1. The summed E-state index contributed by atoms with van der Waals surface area (Å²) in [5.74, 6) is 0.126. The van der Waals surface area contributed by atoms with Crippen molar-refractivity contribution in [3.63, 3.8) is 0 Å². The summed E-state index contributed by atoms with van der Waals surface area (Å²) < 4.78 is 0. The number of rotatable bonds is 10. The van der Waals surface area contributed by atoms with Crippen LogP contribution in [0.5, 0.6) is 0 Å². The summed E-state index contributed by atoms with van der Waals surface area (Å²) in [6, 6.07) is 22.1. The lowest BCUT2D eigenvalue weighted by Gasteiger charge is -2.19. The molecule has 0 atom stereocenters. The van der Waals surface area contributed by atoms with E-state index in [1.807, 2.05) is 4.80 Å². The summed E-state index contributed by atoms with van der Waals surface area (Å²) >= 11 is 0. The number of benzene rings is 3. The Balaban J connectivity index is 1.65. The maximum Gasteiger partial charge on any atom is 0.155 e. The second-order valence-electron chi connectivity index (χ2n) is 12.6. The maximum atomic E-state index is 11.5. The van der Waals surface area contributed by atoms with Gasteiger partial charge in [-0.25, -0.2) is 0 Å². The molecule has 0 aliphatic carbocycles. The predicted octanol–water partition coefficient (Wildman–Crippen LogP) is 9.07. The monoisotopic (exact) mass is 521 g/mol. The van der Waals surface area contributed by atoms with E-state index in [1.165, 1.54) is 17.2 Å². The molecule has 0 fully saturated rings. The van der Waals surface area contributed by atoms with Gasteiger partial charge in [-0.1, -0.05) is 122 Å². The molecule has 0 aliphatic heterocycles. The molecule has 39 heavy (non-hydrogen) atoms. The summed E-state index contributed by atoms with van der Waals surface area (Å²) in [5.41, 5.74) is 9.25. The van der Waals surface area contributed by atoms with Crippen molar-refractivity contribution in [3.8, 4) is 22.3 Å². The van der Waals surface area contributed by atoms with Gasteiger partial charge in [0.1, 0.15) is 11.0 Å². The molecule has 0 aliphatic rings. The molecule has 0 saturated carbocycles. The third-order valence-corrected chi connectivity index (χ3v) is 7.46. The van der Waals surface area contributed by atoms with Crippen molar-refractivity contribution in [1.29, 1.82) is 0 Å². The molecule has 4 heteroatoms. The van der Waals surface area contributed by atoms with Crippen molar-refractivity contribution < 1.29 is 4.79 Å². The molecule has 0 radical (unpaired) electrons. The Morgan fingerprint density at radius 1 is 0.692 bits per heavy atom. The fourth-order valence-electron chi connectivity index (χ4n) is 4.91. The largest absolute Gasteiger partial charge is 0.295 e. The Bertz CT molecular complexity index is 1330. The van der Waals surface area contributed by atoms with Crippen LogP contribution in [0.4, 0.5) is 0 Å². The summed E-state index contributed by atoms with van der Waals surface area (Å²) in [6.07, 6.45) is 5.96. The molecule has 4 aromatic rings. The highest BCUT2D eigenvalue weighted by molar-refractivity contribution is 6.00. The maximum absolute atomic E-state index is 11.5. The number of unbranched alkanes of at least 4 members (excludes halogenated alkanes) is 3. The standard InChI is InChI=1S/C35H43N3O/c1-8-29(39)13-11-9-10-12-24-38-36-32-30(25-14-18-27(19-15-25)34(2,3)4)22-23-31(33(32)37-38)26-16-20-28(21-17-26)35(5,6)7/h8,14-23H,1,9-13,24H2,2-7H3. The Morgan fingerprint density at radius 3 is 1.54 bits per heavy atom. The second kappa shape index (κ2) is 11.7. The zero-order valence-corrected chi connectivity index (χ0v) is 24.6. The van der Waals surface area contributed by atoms with Crippen LogP contribution in [-0.2, 0) is 22.2 Å². The molecule has 0 spiro atoms. The highest BCUT2D eigenvalue weighted by Crippen LogP contribution is 2.35. The number of carbonyl (C=O) groups is 1. The Morgan fingerprint density at radius 2 is 1.13 bits per heavy atom. The number of hydrogen-bond acceptors (Lipinski definition) is 3. The third kappa shape index (κ3) is 6.92. The molecule has 1 aromatic heterocycles. The number of allylic oxidation sites excluding steroid dienone is 1. The van der Waals surface area contributed by atoms with Crippen LogP contribution in [0.1, 0.15) is 84.8 Å². The highest BCUT2D eigenvalue weighted by Gasteiger charge is 2.18. The molecule has 3 aromatic carbocycles. The first-order chi connectivity index (χ1) is 18.5. The molecule has 1 heterocycles. The van der Waals surface area contributed by atoms with Gasteiger partial charge in [-0.05, 0) is 52.0 Å². The van der Waals surface area contributed by atoms with Gasteiger partial charge in [0.25, 0.3) is 0 Å². The number of aryl methyl sites for hydroxylation is 1. The minimum absolute atomic E-state index is 0.110. The Hall–Kier alpha value is -3.53. The summed E-state index contributed by atoms with van der Waals surface area (Å²) in [6.45, 7) is 17.7. The van der Waals surface area contributed by atoms with Crippen molar-refractivity contribution in [3.05, 3.63) is 84.4 Å². The first-order valence-electron chi connectivity index (χ1n) is 14.2. The molecule has 0 unspecified atom stereocenters.